The molecule has 0 atom stereocenters. The first-order valence-electron chi connectivity index (χ1n) is 4.44. The highest BCUT2D eigenvalue weighted by molar-refractivity contribution is 5.78. The predicted molar refractivity (Wildman–Crippen MR) is 53.1 cm³/mol. The van der Waals surface area contributed by atoms with E-state index < -0.39 is 0 Å². The molecule has 0 aliphatic heterocycles. The van der Waals surface area contributed by atoms with Crippen molar-refractivity contribution in [1.29, 1.82) is 5.39 Å². The van der Waals surface area contributed by atoms with Crippen LogP contribution < -0.4 is 5.32 Å². The molecular weight excluding hydrogens is 178 g/mol. The van der Waals surface area contributed by atoms with E-state index in [2.05, 4.69) is 10.3 Å². The van der Waals surface area contributed by atoms with Gasteiger partial charge in [-0.15, -0.1) is 0 Å². The fraction of sp³-hybridized carbons (Fsp3) is 0.300. The van der Waals surface area contributed by atoms with Crippen LogP contribution in [0, 0.1) is 5.39 Å². The monoisotopic (exact) mass is 190 g/mol. The van der Waals surface area contributed by atoms with E-state index in [-0.39, 0.29) is 12.5 Å². The van der Waals surface area contributed by atoms with Crippen LogP contribution in [0.1, 0.15) is 5.56 Å². The molecule has 1 aromatic carbocycles. The van der Waals surface area contributed by atoms with Gasteiger partial charge in [-0.25, -0.2) is 0 Å². The first-order chi connectivity index (χ1) is 6.83. The molecule has 0 bridgehead atoms. The zero-order valence-corrected chi connectivity index (χ0v) is 7.81. The topological polar surface area (TPSA) is 57.2 Å². The molecule has 4 heteroatoms. The van der Waals surface area contributed by atoms with Gasteiger partial charge in [0, 0.05) is 0 Å². The van der Waals surface area contributed by atoms with E-state index >= 15 is 0 Å². The van der Waals surface area contributed by atoms with Crippen molar-refractivity contribution >= 4 is 5.91 Å². The average Bonchev–Trinajstić information content (AvgIpc) is 2.20. The van der Waals surface area contributed by atoms with Crippen molar-refractivity contribution < 1.29 is 4.79 Å². The average molecular weight is 190 g/mol. The van der Waals surface area contributed by atoms with Gasteiger partial charge in [0.25, 0.3) is 0 Å². The molecule has 1 rings (SSSR count). The minimum Gasteiger partial charge on any atom is -0.348 e. The molecule has 0 saturated carbocycles. The number of diazo groups is 1. The Morgan fingerprint density at radius 3 is 2.71 bits per heavy atom. The summed E-state index contributed by atoms with van der Waals surface area (Å²) in [5.41, 5.74) is 0.978. The van der Waals surface area contributed by atoms with Gasteiger partial charge in [0.15, 0.2) is 0 Å². The summed E-state index contributed by atoms with van der Waals surface area (Å²) in [6, 6.07) is 9.50. The predicted octanol–water partition coefficient (Wildman–Crippen LogP) is 1.20. The van der Waals surface area contributed by atoms with Gasteiger partial charge in [-0.05, 0) is 5.56 Å². The molecule has 1 N–H and O–H groups in total. The van der Waals surface area contributed by atoms with Crippen LogP contribution in [0.2, 0.25) is 0 Å². The molecule has 0 unspecified atom stereocenters. The standard InChI is InChI=1S/C10H11N3O/c11-13-7-6-12-10(14)8-9-4-2-1-3-5-9/h1-5H,6-8H2/p+1. The number of hydrogen-bond donors (Lipinski definition) is 1. The molecule has 1 amide bonds. The quantitative estimate of drug-likeness (QED) is 0.573. The van der Waals surface area contributed by atoms with Crippen LogP contribution in [0.3, 0.4) is 0 Å². The molecule has 1 aromatic rings. The molecule has 0 aliphatic rings. The lowest BCUT2D eigenvalue weighted by molar-refractivity contribution is -0.120. The minimum atomic E-state index is -0.0557. The molecule has 4 nitrogen and oxygen atoms in total. The van der Waals surface area contributed by atoms with Crippen molar-refractivity contribution in [3.05, 3.63) is 40.9 Å². The van der Waals surface area contributed by atoms with Crippen molar-refractivity contribution in [2.75, 3.05) is 13.1 Å². The zero-order chi connectivity index (χ0) is 10.2. The summed E-state index contributed by atoms with van der Waals surface area (Å²) < 4.78 is 0. The lowest BCUT2D eigenvalue weighted by Crippen LogP contribution is -2.27. The molecule has 0 heterocycles. The molecule has 0 aromatic heterocycles. The van der Waals surface area contributed by atoms with Crippen LogP contribution in [-0.4, -0.2) is 19.0 Å². The first-order valence-corrected chi connectivity index (χ1v) is 4.44. The lowest BCUT2D eigenvalue weighted by Gasteiger charge is -2.00. The summed E-state index contributed by atoms with van der Waals surface area (Å²) in [6.45, 7) is 0.614. The summed E-state index contributed by atoms with van der Waals surface area (Å²) in [4.78, 5) is 14.2. The molecule has 0 fully saturated rings. The molecule has 0 radical (unpaired) electrons. The van der Waals surface area contributed by atoms with Crippen molar-refractivity contribution in [2.45, 2.75) is 6.42 Å². The van der Waals surface area contributed by atoms with E-state index in [1.165, 1.54) is 0 Å². The fourth-order valence-corrected chi connectivity index (χ4v) is 1.09. The molecule has 0 spiro atoms. The number of nitrogens with zero attached hydrogens (tertiary/aromatic N) is 2. The second-order valence-corrected chi connectivity index (χ2v) is 2.88. The van der Waals surface area contributed by atoms with E-state index in [0.717, 1.165) is 5.56 Å². The van der Waals surface area contributed by atoms with Crippen LogP contribution in [0.25, 0.3) is 4.98 Å². The molecular formula is C10H12N3O+. The summed E-state index contributed by atoms with van der Waals surface area (Å²) >= 11 is 0. The highest BCUT2D eigenvalue weighted by Gasteiger charge is 2.03. The van der Waals surface area contributed by atoms with Gasteiger partial charge in [0.1, 0.15) is 4.98 Å². The number of amides is 1. The SMILES string of the molecule is N#[N+]CCNC(=O)Cc1ccccc1. The van der Waals surface area contributed by atoms with Crippen LogP contribution in [0.5, 0.6) is 0 Å². The van der Waals surface area contributed by atoms with Gasteiger partial charge in [-0.2, -0.15) is 0 Å². The number of rotatable bonds is 4. The minimum absolute atomic E-state index is 0.0557. The molecule has 0 aliphatic carbocycles. The zero-order valence-electron chi connectivity index (χ0n) is 7.81. The Bertz CT molecular complexity index is 329. The van der Waals surface area contributed by atoms with E-state index in [9.17, 15) is 4.79 Å². The number of carbonyl (C=O) groups is 1. The van der Waals surface area contributed by atoms with E-state index in [4.69, 9.17) is 5.39 Å². The van der Waals surface area contributed by atoms with Gasteiger partial charge < -0.3 is 5.32 Å². The largest absolute Gasteiger partial charge is 0.348 e. The second-order valence-electron chi connectivity index (χ2n) is 2.88. The van der Waals surface area contributed by atoms with Gasteiger partial charge >= 0.3 is 6.54 Å². The second kappa shape index (κ2) is 5.70. The summed E-state index contributed by atoms with van der Waals surface area (Å²) in [6.07, 6.45) is 0.367. The van der Waals surface area contributed by atoms with Crippen LogP contribution >= 0.6 is 0 Å². The Morgan fingerprint density at radius 2 is 2.07 bits per heavy atom. The maximum Gasteiger partial charge on any atom is 0.322 e. The Morgan fingerprint density at radius 1 is 1.36 bits per heavy atom. The third-order valence-corrected chi connectivity index (χ3v) is 1.74. The highest BCUT2D eigenvalue weighted by atomic mass is 16.1. The Kier molecular flexibility index (Phi) is 4.15. The van der Waals surface area contributed by atoms with Gasteiger partial charge in [-0.3, -0.25) is 4.79 Å². The highest BCUT2D eigenvalue weighted by Crippen LogP contribution is 1.98. The maximum absolute atomic E-state index is 11.3. The third kappa shape index (κ3) is 3.68. The molecule has 72 valence electrons. The van der Waals surface area contributed by atoms with Crippen molar-refractivity contribution in [3.63, 3.8) is 0 Å². The van der Waals surface area contributed by atoms with Crippen molar-refractivity contribution in [2.24, 2.45) is 0 Å². The molecule has 14 heavy (non-hydrogen) atoms. The van der Waals surface area contributed by atoms with Gasteiger partial charge in [-0.1, -0.05) is 30.3 Å². The lowest BCUT2D eigenvalue weighted by atomic mass is 10.1. The van der Waals surface area contributed by atoms with Crippen LogP contribution in [-0.2, 0) is 11.2 Å². The Hall–Kier alpha value is -1.89. The Labute approximate surface area is 82.6 Å². The number of hydrogen-bond acceptors (Lipinski definition) is 2. The van der Waals surface area contributed by atoms with Crippen molar-refractivity contribution in [3.8, 4) is 0 Å². The van der Waals surface area contributed by atoms with E-state index in [1.54, 1.807) is 0 Å². The Balaban J connectivity index is 2.32. The summed E-state index contributed by atoms with van der Waals surface area (Å²) in [5, 5.41) is 10.8. The van der Waals surface area contributed by atoms with Crippen molar-refractivity contribution in [1.82, 2.24) is 5.32 Å². The smallest absolute Gasteiger partial charge is 0.322 e. The normalized spacial score (nSPS) is 9.07. The first kappa shape index (κ1) is 10.2. The molecule has 0 saturated heterocycles. The summed E-state index contributed by atoms with van der Waals surface area (Å²) in [7, 11) is 0. The van der Waals surface area contributed by atoms with Gasteiger partial charge in [0.05, 0.1) is 13.0 Å². The number of benzene rings is 1. The van der Waals surface area contributed by atoms with Crippen LogP contribution in [0.4, 0.5) is 0 Å². The van der Waals surface area contributed by atoms with Crippen LogP contribution in [0.15, 0.2) is 30.3 Å². The maximum atomic E-state index is 11.3. The van der Waals surface area contributed by atoms with Gasteiger partial charge in [0.2, 0.25) is 11.3 Å². The fourth-order valence-electron chi connectivity index (χ4n) is 1.09. The number of carbonyl (C=O) groups excluding carboxylic acids is 1. The number of nitrogens with one attached hydrogen (secondary N) is 1. The van der Waals surface area contributed by atoms with E-state index in [0.29, 0.717) is 13.0 Å². The van der Waals surface area contributed by atoms with E-state index in [1.807, 2.05) is 30.3 Å². The third-order valence-electron chi connectivity index (χ3n) is 1.74. The summed E-state index contributed by atoms with van der Waals surface area (Å²) in [5.74, 6) is -0.0557.